The molecule has 10 nitrogen and oxygen atoms in total. The van der Waals surface area contributed by atoms with Crippen LogP contribution in [-0.2, 0) is 0 Å². The van der Waals surface area contributed by atoms with E-state index in [-0.39, 0.29) is 55.2 Å². The van der Waals surface area contributed by atoms with Gasteiger partial charge in [0, 0.05) is 22.8 Å². The van der Waals surface area contributed by atoms with Gasteiger partial charge in [0.1, 0.15) is 11.8 Å². The van der Waals surface area contributed by atoms with Gasteiger partial charge in [-0.1, -0.05) is 34.8 Å². The lowest BCUT2D eigenvalue weighted by molar-refractivity contribution is 0.0920. The number of nitrogens with one attached hydrogen (secondary N) is 2. The molecular weight excluding hydrogens is 565 g/mol. The summed E-state index contributed by atoms with van der Waals surface area (Å²) in [5.41, 5.74) is -0.459. The van der Waals surface area contributed by atoms with E-state index >= 15 is 0 Å². The molecule has 0 spiro atoms. The number of pyridine rings is 1. The molecule has 1 aromatic carbocycles. The third kappa shape index (κ3) is 6.49. The lowest BCUT2D eigenvalue weighted by Crippen LogP contribution is -2.42. The number of hydrogen-bond donors (Lipinski definition) is 4. The molecule has 4 N–H and O–H groups in total. The molecule has 14 heteroatoms. The quantitative estimate of drug-likeness (QED) is 0.297. The molecule has 0 unspecified atom stereocenters. The van der Waals surface area contributed by atoms with Crippen molar-refractivity contribution in [3.8, 4) is 11.7 Å². The van der Waals surface area contributed by atoms with Crippen LogP contribution in [0.1, 0.15) is 41.6 Å². The third-order valence-electron chi connectivity index (χ3n) is 5.08. The SMILES string of the molecule is CC(C)(C)NC(=O)c1cc(Cl)cc(Cl)c1NC(=O)c1cc(OC2CS(O)(O)C2)nn1-c1ncccc1Cl. The summed E-state index contributed by atoms with van der Waals surface area (Å²) in [6, 6.07) is 7.38. The number of ether oxygens (including phenoxy) is 1. The number of anilines is 1. The Bertz CT molecular complexity index is 1370. The van der Waals surface area contributed by atoms with Crippen LogP contribution >= 0.6 is 45.4 Å². The van der Waals surface area contributed by atoms with Crippen LogP contribution in [0.5, 0.6) is 5.88 Å². The monoisotopic (exact) mass is 587 g/mol. The van der Waals surface area contributed by atoms with Crippen molar-refractivity contribution in [2.24, 2.45) is 0 Å². The Hall–Kier alpha value is -2.54. The lowest BCUT2D eigenvalue weighted by Gasteiger charge is -2.45. The molecule has 2 aromatic heterocycles. The first-order valence-electron chi connectivity index (χ1n) is 11.0. The van der Waals surface area contributed by atoms with E-state index < -0.39 is 34.0 Å². The van der Waals surface area contributed by atoms with Crippen molar-refractivity contribution in [3.63, 3.8) is 0 Å². The van der Waals surface area contributed by atoms with Crippen molar-refractivity contribution < 1.29 is 23.4 Å². The van der Waals surface area contributed by atoms with E-state index in [0.29, 0.717) is 0 Å². The van der Waals surface area contributed by atoms with Gasteiger partial charge in [0.05, 0.1) is 32.8 Å². The standard InChI is InChI=1S/C23H24Cl3N5O5S/c1-23(2,3)29-21(32)14-7-12(24)8-16(26)19(14)28-22(33)17-9-18(36-13-10-37(34,35)11-13)30-31(17)20-15(25)5-4-6-27-20/h4-9,13,34-35H,10-11H2,1-3H3,(H,28,33)(H,29,32). The second-order valence-corrected chi connectivity index (χ2v) is 13.0. The topological polar surface area (TPSA) is 139 Å². The highest BCUT2D eigenvalue weighted by molar-refractivity contribution is 8.25. The van der Waals surface area contributed by atoms with E-state index in [9.17, 15) is 18.7 Å². The normalized spacial score (nSPS) is 16.0. The molecule has 0 atom stereocenters. The van der Waals surface area contributed by atoms with Gasteiger partial charge in [-0.25, -0.2) is 9.67 Å². The Morgan fingerprint density at radius 2 is 1.81 bits per heavy atom. The van der Waals surface area contributed by atoms with E-state index in [1.807, 2.05) is 20.8 Å². The average molecular weight is 589 g/mol. The zero-order valence-electron chi connectivity index (χ0n) is 20.0. The Morgan fingerprint density at radius 1 is 1.11 bits per heavy atom. The predicted molar refractivity (Wildman–Crippen MR) is 145 cm³/mol. The van der Waals surface area contributed by atoms with Crippen LogP contribution in [-0.4, -0.2) is 58.8 Å². The maximum absolute atomic E-state index is 13.5. The van der Waals surface area contributed by atoms with Crippen molar-refractivity contribution in [3.05, 3.63) is 62.9 Å². The van der Waals surface area contributed by atoms with Gasteiger partial charge in [0.2, 0.25) is 5.88 Å². The van der Waals surface area contributed by atoms with Crippen LogP contribution in [0.3, 0.4) is 0 Å². The summed E-state index contributed by atoms with van der Waals surface area (Å²) in [5.74, 6) is -0.816. The first-order chi connectivity index (χ1) is 17.2. The number of carbonyl (C=O) groups excluding carboxylic acids is 2. The lowest BCUT2D eigenvalue weighted by atomic mass is 10.1. The molecule has 0 saturated carbocycles. The van der Waals surface area contributed by atoms with Crippen LogP contribution in [0.25, 0.3) is 5.82 Å². The molecule has 0 aliphatic carbocycles. The number of aromatic nitrogens is 3. The molecule has 4 rings (SSSR count). The molecule has 0 bridgehead atoms. The molecular formula is C23H24Cl3N5O5S. The molecule has 198 valence electrons. The first-order valence-corrected chi connectivity index (χ1v) is 14.0. The van der Waals surface area contributed by atoms with Crippen LogP contribution in [0.4, 0.5) is 5.69 Å². The second-order valence-electron chi connectivity index (χ2n) is 9.43. The van der Waals surface area contributed by atoms with Crippen molar-refractivity contribution >= 4 is 62.9 Å². The molecule has 3 aromatic rings. The van der Waals surface area contributed by atoms with Gasteiger partial charge in [-0.15, -0.1) is 5.10 Å². The number of rotatable bonds is 6. The van der Waals surface area contributed by atoms with Gasteiger partial charge >= 0.3 is 0 Å². The Labute approximate surface area is 229 Å². The van der Waals surface area contributed by atoms with Gasteiger partial charge in [0.15, 0.2) is 5.82 Å². The fraction of sp³-hybridized carbons (Fsp3) is 0.304. The fourth-order valence-corrected chi connectivity index (χ4v) is 5.50. The molecule has 0 radical (unpaired) electrons. The minimum atomic E-state index is -2.64. The summed E-state index contributed by atoms with van der Waals surface area (Å²) in [5, 5.41) is 10.3. The Balaban J connectivity index is 1.70. The van der Waals surface area contributed by atoms with Crippen molar-refractivity contribution in [2.45, 2.75) is 32.4 Å². The summed E-state index contributed by atoms with van der Waals surface area (Å²) in [6.07, 6.45) is 1.01. The highest BCUT2D eigenvalue weighted by Crippen LogP contribution is 2.49. The summed E-state index contributed by atoms with van der Waals surface area (Å²) in [6.45, 7) is 5.44. The minimum absolute atomic E-state index is 0.0188. The van der Waals surface area contributed by atoms with E-state index in [0.717, 1.165) is 0 Å². The van der Waals surface area contributed by atoms with E-state index in [4.69, 9.17) is 39.5 Å². The summed E-state index contributed by atoms with van der Waals surface area (Å²) in [4.78, 5) is 30.7. The zero-order valence-corrected chi connectivity index (χ0v) is 23.0. The average Bonchev–Trinajstić information content (AvgIpc) is 3.17. The highest BCUT2D eigenvalue weighted by Gasteiger charge is 2.36. The minimum Gasteiger partial charge on any atom is -0.470 e. The van der Waals surface area contributed by atoms with Gasteiger partial charge in [0.25, 0.3) is 11.8 Å². The fourth-order valence-electron chi connectivity index (χ4n) is 3.52. The van der Waals surface area contributed by atoms with Gasteiger partial charge < -0.3 is 15.4 Å². The Kier molecular flexibility index (Phi) is 7.67. The van der Waals surface area contributed by atoms with Gasteiger partial charge in [-0.05, 0) is 45.0 Å². The van der Waals surface area contributed by atoms with Crippen molar-refractivity contribution in [1.29, 1.82) is 0 Å². The van der Waals surface area contributed by atoms with Gasteiger partial charge in [-0.3, -0.25) is 18.7 Å². The van der Waals surface area contributed by atoms with Crippen LogP contribution in [0, 0.1) is 0 Å². The van der Waals surface area contributed by atoms with E-state index in [1.165, 1.54) is 29.1 Å². The van der Waals surface area contributed by atoms with Gasteiger partial charge in [-0.2, -0.15) is 10.6 Å². The van der Waals surface area contributed by atoms with Crippen molar-refractivity contribution in [1.82, 2.24) is 20.1 Å². The van der Waals surface area contributed by atoms with Crippen LogP contribution in [0.2, 0.25) is 15.1 Å². The maximum Gasteiger partial charge on any atom is 0.274 e. The van der Waals surface area contributed by atoms with Crippen molar-refractivity contribution in [2.75, 3.05) is 16.8 Å². The number of benzene rings is 1. The number of halogens is 3. The molecule has 1 aliphatic rings. The molecule has 3 heterocycles. The van der Waals surface area contributed by atoms with E-state index in [2.05, 4.69) is 20.7 Å². The summed E-state index contributed by atoms with van der Waals surface area (Å²) >= 11 is 18.8. The largest absolute Gasteiger partial charge is 0.470 e. The highest BCUT2D eigenvalue weighted by atomic mass is 35.5. The number of hydrogen-bond acceptors (Lipinski definition) is 7. The maximum atomic E-state index is 13.5. The van der Waals surface area contributed by atoms with Crippen LogP contribution < -0.4 is 15.4 Å². The number of carbonyl (C=O) groups is 2. The van der Waals surface area contributed by atoms with Crippen LogP contribution in [0.15, 0.2) is 36.5 Å². The first kappa shape index (κ1) is 27.5. The zero-order chi connectivity index (χ0) is 27.1. The molecule has 1 saturated heterocycles. The smallest absolute Gasteiger partial charge is 0.274 e. The third-order valence-corrected chi connectivity index (χ3v) is 7.70. The summed E-state index contributed by atoms with van der Waals surface area (Å²) < 4.78 is 26.3. The number of nitrogens with zero attached hydrogens (tertiary/aromatic N) is 3. The molecule has 1 aliphatic heterocycles. The number of amides is 2. The molecule has 1 fully saturated rings. The molecule has 37 heavy (non-hydrogen) atoms. The predicted octanol–water partition coefficient (Wildman–Crippen LogP) is 5.52. The Morgan fingerprint density at radius 3 is 2.43 bits per heavy atom. The molecule has 2 amide bonds. The van der Waals surface area contributed by atoms with E-state index in [1.54, 1.807) is 12.1 Å². The second kappa shape index (κ2) is 10.3. The summed E-state index contributed by atoms with van der Waals surface area (Å²) in [7, 11) is -2.64.